The van der Waals surface area contributed by atoms with Gasteiger partial charge in [-0.25, -0.2) is 4.79 Å². The summed E-state index contributed by atoms with van der Waals surface area (Å²) in [4.78, 5) is 25.6. The molecule has 176 valence electrons. The van der Waals surface area contributed by atoms with Crippen LogP contribution in [0.25, 0.3) is 11.3 Å². The van der Waals surface area contributed by atoms with Gasteiger partial charge in [0.2, 0.25) is 0 Å². The Hall–Kier alpha value is -4.10. The largest absolute Gasteiger partial charge is 0.507 e. The van der Waals surface area contributed by atoms with E-state index in [1.807, 2.05) is 36.4 Å². The van der Waals surface area contributed by atoms with E-state index in [-0.39, 0.29) is 23.6 Å². The Morgan fingerprint density at radius 1 is 1.00 bits per heavy atom. The fourth-order valence-electron chi connectivity index (χ4n) is 3.87. The summed E-state index contributed by atoms with van der Waals surface area (Å²) < 4.78 is 1.38. The minimum atomic E-state index is -0.364. The number of phenols is 1. The van der Waals surface area contributed by atoms with Crippen molar-refractivity contribution in [1.82, 2.24) is 15.1 Å². The molecule has 0 bridgehead atoms. The van der Waals surface area contributed by atoms with Gasteiger partial charge in [0, 0.05) is 23.7 Å². The van der Waals surface area contributed by atoms with E-state index in [1.165, 1.54) is 10.7 Å². The summed E-state index contributed by atoms with van der Waals surface area (Å²) in [5, 5.41) is 21.1. The van der Waals surface area contributed by atoms with Gasteiger partial charge in [-0.1, -0.05) is 54.1 Å². The first-order valence-corrected chi connectivity index (χ1v) is 11.7. The molecular weight excluding hydrogens is 464 g/mol. The number of aromatic hydroxyl groups is 1. The summed E-state index contributed by atoms with van der Waals surface area (Å²) in [5.74, 6) is -0.113. The van der Waals surface area contributed by atoms with E-state index < -0.39 is 0 Å². The Labute approximate surface area is 207 Å². The summed E-state index contributed by atoms with van der Waals surface area (Å²) in [5.41, 5.74) is 3.47. The van der Waals surface area contributed by atoms with Gasteiger partial charge in [-0.05, 0) is 54.8 Å². The number of anilines is 1. The van der Waals surface area contributed by atoms with Crippen LogP contribution in [0.3, 0.4) is 0 Å². The highest BCUT2D eigenvalue weighted by Crippen LogP contribution is 2.42. The summed E-state index contributed by atoms with van der Waals surface area (Å²) in [6, 6.07) is 22.6. The maximum absolute atomic E-state index is 13.0. The third-order valence-corrected chi connectivity index (χ3v) is 6.19. The second kappa shape index (κ2) is 9.64. The Balaban J connectivity index is 1.40. The molecule has 1 aliphatic carbocycles. The zero-order valence-corrected chi connectivity index (χ0v) is 19.5. The van der Waals surface area contributed by atoms with Gasteiger partial charge in [0.05, 0.1) is 22.0 Å². The number of nitrogens with zero attached hydrogens (tertiary/aromatic N) is 2. The van der Waals surface area contributed by atoms with Crippen molar-refractivity contribution in [2.75, 3.05) is 5.32 Å². The van der Waals surface area contributed by atoms with Crippen LogP contribution >= 0.6 is 11.6 Å². The normalized spacial score (nSPS) is 12.8. The van der Waals surface area contributed by atoms with Crippen molar-refractivity contribution in [1.29, 1.82) is 0 Å². The molecule has 1 fully saturated rings. The first kappa shape index (κ1) is 22.7. The lowest BCUT2D eigenvalue weighted by atomic mass is 10.1. The van der Waals surface area contributed by atoms with Gasteiger partial charge in [0.15, 0.2) is 0 Å². The molecule has 1 aliphatic rings. The molecule has 3 aromatic carbocycles. The molecule has 35 heavy (non-hydrogen) atoms. The Morgan fingerprint density at radius 2 is 1.74 bits per heavy atom. The quantitative estimate of drug-likeness (QED) is 0.300. The standard InChI is InChI=1S/C27H23ClN4O3/c28-22-9-5-4-8-20(22)26(34)30-19-12-13-25(33)21(14-19)23-15-24(18-10-11-18)32(31-23)27(35)29-16-17-6-2-1-3-7-17/h1-9,12-15,18,33H,10-11,16H2,(H,29,35)(H,30,34). The summed E-state index contributed by atoms with van der Waals surface area (Å²) in [6.45, 7) is 0.383. The van der Waals surface area contributed by atoms with Gasteiger partial charge < -0.3 is 15.7 Å². The average Bonchev–Trinajstić information content (AvgIpc) is 3.62. The van der Waals surface area contributed by atoms with Crippen LogP contribution < -0.4 is 10.6 Å². The Bertz CT molecular complexity index is 1400. The van der Waals surface area contributed by atoms with E-state index in [4.69, 9.17) is 11.6 Å². The third-order valence-electron chi connectivity index (χ3n) is 5.86. The molecule has 0 radical (unpaired) electrons. The van der Waals surface area contributed by atoms with Crippen molar-refractivity contribution < 1.29 is 14.7 Å². The first-order chi connectivity index (χ1) is 17.0. The van der Waals surface area contributed by atoms with Gasteiger partial charge in [0.25, 0.3) is 5.91 Å². The van der Waals surface area contributed by atoms with Crippen LogP contribution in [0.2, 0.25) is 5.02 Å². The molecule has 1 aromatic heterocycles. The molecule has 2 amide bonds. The number of amides is 2. The van der Waals surface area contributed by atoms with E-state index in [1.54, 1.807) is 36.4 Å². The Morgan fingerprint density at radius 3 is 2.49 bits per heavy atom. The summed E-state index contributed by atoms with van der Waals surface area (Å²) >= 11 is 6.14. The molecule has 1 saturated carbocycles. The van der Waals surface area contributed by atoms with E-state index in [0.717, 1.165) is 24.1 Å². The number of rotatable bonds is 6. The number of hydrogen-bond acceptors (Lipinski definition) is 4. The lowest BCUT2D eigenvalue weighted by Crippen LogP contribution is -2.30. The van der Waals surface area contributed by atoms with Crippen molar-refractivity contribution in [3.8, 4) is 17.0 Å². The molecule has 4 aromatic rings. The average molecular weight is 487 g/mol. The van der Waals surface area contributed by atoms with Crippen molar-refractivity contribution in [2.24, 2.45) is 0 Å². The van der Waals surface area contributed by atoms with Crippen LogP contribution in [-0.2, 0) is 6.54 Å². The lowest BCUT2D eigenvalue weighted by molar-refractivity contribution is 0.102. The molecule has 0 unspecified atom stereocenters. The number of hydrogen-bond donors (Lipinski definition) is 3. The molecule has 0 aliphatic heterocycles. The minimum Gasteiger partial charge on any atom is -0.507 e. The number of phenolic OH excluding ortho intramolecular Hbond substituents is 1. The molecule has 3 N–H and O–H groups in total. The number of halogens is 1. The zero-order valence-electron chi connectivity index (χ0n) is 18.7. The highest BCUT2D eigenvalue weighted by atomic mass is 35.5. The van der Waals surface area contributed by atoms with E-state index in [9.17, 15) is 14.7 Å². The number of nitrogens with one attached hydrogen (secondary N) is 2. The van der Waals surface area contributed by atoms with Crippen LogP contribution in [0.15, 0.2) is 78.9 Å². The first-order valence-electron chi connectivity index (χ1n) is 11.3. The molecule has 5 rings (SSSR count). The number of aromatic nitrogens is 2. The van der Waals surface area contributed by atoms with Crippen LogP contribution in [0.1, 0.15) is 40.4 Å². The molecule has 1 heterocycles. The van der Waals surface area contributed by atoms with Gasteiger partial charge in [0.1, 0.15) is 5.75 Å². The topological polar surface area (TPSA) is 96.2 Å². The SMILES string of the molecule is O=C(Nc1ccc(O)c(-c2cc(C3CC3)n(C(=O)NCc3ccccc3)n2)c1)c1ccccc1Cl. The number of carbonyl (C=O) groups is 2. The number of benzene rings is 3. The summed E-state index contributed by atoms with van der Waals surface area (Å²) in [6.07, 6.45) is 1.97. The maximum Gasteiger partial charge on any atom is 0.342 e. The van der Waals surface area contributed by atoms with Crippen LogP contribution in [0.4, 0.5) is 10.5 Å². The molecule has 0 spiro atoms. The van der Waals surface area contributed by atoms with Crippen molar-refractivity contribution in [3.05, 3.63) is 101 Å². The second-order valence-corrected chi connectivity index (χ2v) is 8.86. The van der Waals surface area contributed by atoms with Gasteiger partial charge in [-0.2, -0.15) is 9.78 Å². The monoisotopic (exact) mass is 486 g/mol. The van der Waals surface area contributed by atoms with Crippen molar-refractivity contribution >= 4 is 29.2 Å². The maximum atomic E-state index is 13.0. The van der Waals surface area contributed by atoms with Crippen LogP contribution in [0.5, 0.6) is 5.75 Å². The Kier molecular flexibility index (Phi) is 6.25. The molecule has 8 heteroatoms. The molecule has 7 nitrogen and oxygen atoms in total. The number of carbonyl (C=O) groups excluding carboxylic acids is 2. The van der Waals surface area contributed by atoms with Crippen molar-refractivity contribution in [3.63, 3.8) is 0 Å². The lowest BCUT2D eigenvalue weighted by Gasteiger charge is -2.09. The molecular formula is C27H23ClN4O3. The van der Waals surface area contributed by atoms with E-state index >= 15 is 0 Å². The van der Waals surface area contributed by atoms with Gasteiger partial charge in [-0.3, -0.25) is 4.79 Å². The van der Waals surface area contributed by atoms with Crippen LogP contribution in [0, 0.1) is 0 Å². The third kappa shape index (κ3) is 5.05. The van der Waals surface area contributed by atoms with E-state index in [0.29, 0.717) is 34.1 Å². The van der Waals surface area contributed by atoms with Gasteiger partial charge in [-0.15, -0.1) is 0 Å². The van der Waals surface area contributed by atoms with Gasteiger partial charge >= 0.3 is 6.03 Å². The van der Waals surface area contributed by atoms with Crippen LogP contribution in [-0.4, -0.2) is 26.8 Å². The molecule has 0 atom stereocenters. The second-order valence-electron chi connectivity index (χ2n) is 8.45. The summed E-state index contributed by atoms with van der Waals surface area (Å²) in [7, 11) is 0. The predicted molar refractivity (Wildman–Crippen MR) is 135 cm³/mol. The highest BCUT2D eigenvalue weighted by Gasteiger charge is 2.30. The fraction of sp³-hybridized carbons (Fsp3) is 0.148. The minimum absolute atomic E-state index is 0.00238. The smallest absolute Gasteiger partial charge is 0.342 e. The van der Waals surface area contributed by atoms with Crippen molar-refractivity contribution in [2.45, 2.75) is 25.3 Å². The van der Waals surface area contributed by atoms with E-state index in [2.05, 4.69) is 15.7 Å². The molecule has 0 saturated heterocycles. The zero-order chi connectivity index (χ0) is 24.4. The fourth-order valence-corrected chi connectivity index (χ4v) is 4.09. The highest BCUT2D eigenvalue weighted by molar-refractivity contribution is 6.34. The predicted octanol–water partition coefficient (Wildman–Crippen LogP) is 5.80.